The molecule has 31 heteroatoms. The normalized spacial score (nSPS) is 20.1. The Labute approximate surface area is 347 Å². The van der Waals surface area contributed by atoms with Crippen molar-refractivity contribution >= 4 is 85.8 Å². The first-order valence-corrected chi connectivity index (χ1v) is 19.7. The molecule has 334 valence electrons. The Kier molecular flexibility index (Phi) is 35.3. The summed E-state index contributed by atoms with van der Waals surface area (Å²) in [7, 11) is -7.67. The van der Waals surface area contributed by atoms with E-state index in [-0.39, 0.29) is 122 Å². The van der Waals surface area contributed by atoms with Crippen LogP contribution in [0, 0.1) is 11.8 Å². The highest BCUT2D eigenvalue weighted by atomic mass is 32.2. The van der Waals surface area contributed by atoms with Crippen molar-refractivity contribution in [1.82, 2.24) is 23.1 Å². The average molecular weight is 904 g/mol. The lowest BCUT2D eigenvalue weighted by Crippen LogP contribution is -2.50. The first kappa shape index (κ1) is 61.6. The fraction of sp³-hybridized carbons (Fsp3) is 0.846. The Balaban J connectivity index is -0.000000419. The molecule has 0 bridgehead atoms. The number of hydrogen-bond donors (Lipinski definition) is 10. The van der Waals surface area contributed by atoms with E-state index in [1.807, 2.05) is 0 Å². The molecule has 0 saturated carbocycles. The van der Waals surface area contributed by atoms with Crippen LogP contribution in [0.2, 0.25) is 12.6 Å². The topological polar surface area (TPSA) is 408 Å². The van der Waals surface area contributed by atoms with Crippen molar-refractivity contribution < 1.29 is 75.3 Å². The second-order valence-corrected chi connectivity index (χ2v) is 15.7. The molecule has 6 atom stereocenters. The summed E-state index contributed by atoms with van der Waals surface area (Å²) < 4.78 is 61.0. The standard InChI is InChI=1S/C12H28BN5O6S.C12H27BN4O6S.2CO2.2H2S/c1-17(24-2)12(19)10(14)6-16-25(22,23)18-7-9(11(15)8-18)4-3-5-13(20)21;1-2-23-12(18)10(14)6-16-24(21,22)17-7-9(11(15)8-17)4-3-5-13(19)20;2*2-1-3;;/h9-11,16,20-21H,3-8,14-15H2,1-2H3;9-11,16,19-20H,2-8,14-15H2,1H3;;;2*1H2/t2*9-,10-,11-;;;;/m00..../s1. The molecule has 1 amide bonds. The molecule has 0 aromatic carbocycles. The fourth-order valence-corrected chi connectivity index (χ4v) is 7.81. The SMILES string of the molecule is CCOC(=O)[C@@H](N)CNS(=O)(=O)N1C[C@H](CCCB(O)O)[C@@H](N)C1.CON(C)C(=O)[C@@H](N)CNS(=O)(=O)N1C[C@H](CCCB(O)O)[C@@H](N)C1.O=C=O.O=C=O.S.S. The fourth-order valence-electron chi connectivity index (χ4n) is 5.16. The van der Waals surface area contributed by atoms with E-state index in [0.717, 1.165) is 5.06 Å². The maximum absolute atomic E-state index is 12.3. The van der Waals surface area contributed by atoms with Crippen LogP contribution in [0.1, 0.15) is 32.6 Å². The van der Waals surface area contributed by atoms with E-state index in [1.54, 1.807) is 6.92 Å². The van der Waals surface area contributed by atoms with Crippen LogP contribution in [-0.4, -0.2) is 173 Å². The zero-order chi connectivity index (χ0) is 42.9. The largest absolute Gasteiger partial charge is 0.465 e. The zero-order valence-electron chi connectivity index (χ0n) is 32.0. The van der Waals surface area contributed by atoms with E-state index >= 15 is 0 Å². The van der Waals surface area contributed by atoms with Crippen molar-refractivity contribution in [3.8, 4) is 0 Å². The molecule has 25 nitrogen and oxygen atoms in total. The van der Waals surface area contributed by atoms with E-state index in [2.05, 4.69) is 9.44 Å². The molecule has 0 spiro atoms. The number of hydroxylamine groups is 2. The van der Waals surface area contributed by atoms with Crippen LogP contribution in [0.25, 0.3) is 0 Å². The minimum absolute atomic E-state index is 0. The zero-order valence-corrected chi connectivity index (χ0v) is 35.6. The number of nitrogens with one attached hydrogen (secondary N) is 2. The van der Waals surface area contributed by atoms with Gasteiger partial charge < -0.3 is 47.8 Å². The number of likely N-dealkylation sites (N-methyl/N-ethyl adjacent to an activating group) is 1. The number of carbonyl (C=O) groups is 2. The van der Waals surface area contributed by atoms with Crippen LogP contribution in [0.5, 0.6) is 0 Å². The minimum atomic E-state index is -3.82. The molecule has 0 radical (unpaired) electrons. The highest BCUT2D eigenvalue weighted by Crippen LogP contribution is 2.24. The summed E-state index contributed by atoms with van der Waals surface area (Å²) in [6, 6.07) is -2.80. The third kappa shape index (κ3) is 25.9. The molecular weight excluding hydrogens is 844 g/mol. The number of esters is 1. The quantitative estimate of drug-likeness (QED) is 0.0308. The van der Waals surface area contributed by atoms with Crippen molar-refractivity contribution in [3.05, 3.63) is 0 Å². The van der Waals surface area contributed by atoms with E-state index < -0.39 is 58.6 Å². The molecule has 2 aliphatic rings. The van der Waals surface area contributed by atoms with Crippen LogP contribution in [-0.2, 0) is 58.8 Å². The van der Waals surface area contributed by atoms with Gasteiger partial charge in [-0.1, -0.05) is 12.8 Å². The van der Waals surface area contributed by atoms with Crippen molar-refractivity contribution in [2.45, 2.75) is 69.4 Å². The molecule has 2 fully saturated rings. The first-order valence-electron chi connectivity index (χ1n) is 16.8. The van der Waals surface area contributed by atoms with Crippen LogP contribution in [0.15, 0.2) is 0 Å². The Morgan fingerprint density at radius 2 is 1.14 bits per heavy atom. The average Bonchev–Trinajstić information content (AvgIpc) is 3.68. The Morgan fingerprint density at radius 3 is 1.46 bits per heavy atom. The predicted molar refractivity (Wildman–Crippen MR) is 212 cm³/mol. The molecular formula is C26H59B2N9O16S4. The molecule has 14 N–H and O–H groups in total. The van der Waals surface area contributed by atoms with Gasteiger partial charge in [0, 0.05) is 58.4 Å². The van der Waals surface area contributed by atoms with Crippen LogP contribution < -0.4 is 32.4 Å². The van der Waals surface area contributed by atoms with E-state index in [1.165, 1.54) is 22.8 Å². The van der Waals surface area contributed by atoms with Gasteiger partial charge in [0.25, 0.3) is 26.3 Å². The van der Waals surface area contributed by atoms with E-state index in [0.29, 0.717) is 25.7 Å². The highest BCUT2D eigenvalue weighted by molar-refractivity contribution is 7.87. The Hall–Kier alpha value is -2.09. The van der Waals surface area contributed by atoms with Crippen LogP contribution in [0.3, 0.4) is 0 Å². The lowest BCUT2D eigenvalue weighted by molar-refractivity contribution is -0.193. The number of carbonyl (C=O) groups excluding carboxylic acids is 6. The maximum atomic E-state index is 12.3. The van der Waals surface area contributed by atoms with Gasteiger partial charge in [-0.2, -0.15) is 76.3 Å². The number of rotatable bonds is 20. The maximum Gasteiger partial charge on any atom is 0.451 e. The highest BCUT2D eigenvalue weighted by Gasteiger charge is 2.38. The van der Waals surface area contributed by atoms with Crippen molar-refractivity contribution in [1.29, 1.82) is 0 Å². The molecule has 57 heavy (non-hydrogen) atoms. The summed E-state index contributed by atoms with van der Waals surface area (Å²) in [4.78, 5) is 60.4. The van der Waals surface area contributed by atoms with Crippen molar-refractivity contribution in [2.24, 2.45) is 34.8 Å². The summed E-state index contributed by atoms with van der Waals surface area (Å²) in [5.74, 6) is -1.34. The van der Waals surface area contributed by atoms with Gasteiger partial charge in [0.2, 0.25) is 0 Å². The van der Waals surface area contributed by atoms with Gasteiger partial charge >= 0.3 is 32.5 Å². The number of ether oxygens (including phenoxy) is 1. The van der Waals surface area contributed by atoms with Crippen LogP contribution in [0.4, 0.5) is 0 Å². The molecule has 0 unspecified atom stereocenters. The molecule has 2 heterocycles. The number of amides is 1. The molecule has 2 saturated heterocycles. The van der Waals surface area contributed by atoms with Crippen molar-refractivity contribution in [3.63, 3.8) is 0 Å². The van der Waals surface area contributed by atoms with E-state index in [9.17, 15) is 26.4 Å². The van der Waals surface area contributed by atoms with Gasteiger partial charge in [0.05, 0.1) is 13.7 Å². The smallest absolute Gasteiger partial charge is 0.451 e. The van der Waals surface area contributed by atoms with Gasteiger partial charge in [-0.3, -0.25) is 14.4 Å². The molecule has 0 aromatic heterocycles. The second-order valence-electron chi connectivity index (χ2n) is 12.2. The minimum Gasteiger partial charge on any atom is -0.465 e. The molecule has 0 aliphatic carbocycles. The Morgan fingerprint density at radius 1 is 0.789 bits per heavy atom. The third-order valence-electron chi connectivity index (χ3n) is 8.13. The predicted octanol–water partition coefficient (Wildman–Crippen LogP) is -7.04. The molecule has 2 aliphatic heterocycles. The first-order chi connectivity index (χ1) is 25.6. The monoisotopic (exact) mass is 903 g/mol. The number of nitrogens with zero attached hydrogens (tertiary/aromatic N) is 3. The summed E-state index contributed by atoms with van der Waals surface area (Å²) in [6.07, 6.45) is 3.24. The summed E-state index contributed by atoms with van der Waals surface area (Å²) >= 11 is 0. The summed E-state index contributed by atoms with van der Waals surface area (Å²) in [5, 5.41) is 36.3. The van der Waals surface area contributed by atoms with Crippen LogP contribution >= 0.6 is 27.0 Å². The number of hydrogen-bond acceptors (Lipinski definition) is 20. The lowest BCUT2D eigenvalue weighted by Gasteiger charge is -2.21. The summed E-state index contributed by atoms with van der Waals surface area (Å²) in [5.41, 5.74) is 23.2. The summed E-state index contributed by atoms with van der Waals surface area (Å²) in [6.45, 7) is 2.09. The van der Waals surface area contributed by atoms with E-state index in [4.69, 9.17) is 71.8 Å². The van der Waals surface area contributed by atoms with Crippen molar-refractivity contribution in [2.75, 3.05) is 60.0 Å². The third-order valence-corrected chi connectivity index (χ3v) is 11.2. The van der Waals surface area contributed by atoms with Gasteiger partial charge in [0.15, 0.2) is 0 Å². The molecule has 0 aromatic rings. The second kappa shape index (κ2) is 32.7. The Bertz CT molecular complexity index is 1410. The van der Waals surface area contributed by atoms with Gasteiger partial charge in [-0.15, -0.1) is 0 Å². The lowest BCUT2D eigenvalue weighted by atomic mass is 9.82. The number of nitrogens with two attached hydrogens (primary N) is 4. The van der Waals surface area contributed by atoms with Gasteiger partial charge in [-0.25, -0.2) is 9.79 Å². The molecule has 2 rings (SSSR count). The van der Waals surface area contributed by atoms with Gasteiger partial charge in [-0.05, 0) is 44.2 Å². The van der Waals surface area contributed by atoms with Gasteiger partial charge in [0.1, 0.15) is 12.1 Å².